The maximum Gasteiger partial charge on any atom is 0.488 e. The molecule has 0 saturated heterocycles. The number of hydrogen-bond acceptors (Lipinski definition) is 6. The molecule has 0 fully saturated rings. The van der Waals surface area contributed by atoms with Crippen LogP contribution in [0.2, 0.25) is 0 Å². The highest BCUT2D eigenvalue weighted by atomic mass is 16.4. The summed E-state index contributed by atoms with van der Waals surface area (Å²) in [6, 6.07) is 17.6. The van der Waals surface area contributed by atoms with Crippen LogP contribution in [0.25, 0.3) is 11.0 Å². The van der Waals surface area contributed by atoms with Gasteiger partial charge in [0.25, 0.3) is 0 Å². The van der Waals surface area contributed by atoms with Crippen molar-refractivity contribution in [2.24, 2.45) is 13.0 Å². The number of benzene rings is 2. The van der Waals surface area contributed by atoms with E-state index in [-0.39, 0.29) is 0 Å². The molecule has 3 N–H and O–H groups in total. The van der Waals surface area contributed by atoms with Crippen LogP contribution in [0, 0.1) is 5.92 Å². The predicted molar refractivity (Wildman–Crippen MR) is 123 cm³/mol. The number of fused-ring (bicyclic) bond motifs is 1. The van der Waals surface area contributed by atoms with E-state index < -0.39 is 7.12 Å². The number of rotatable bonds is 8. The molecule has 0 bridgehead atoms. The van der Waals surface area contributed by atoms with Gasteiger partial charge in [-0.1, -0.05) is 61.5 Å². The summed E-state index contributed by atoms with van der Waals surface area (Å²) in [6.45, 7) is 2.77. The Bertz CT molecular complexity index is 1150. The minimum atomic E-state index is -1.46. The first-order chi connectivity index (χ1) is 15.0. The van der Waals surface area contributed by atoms with E-state index in [1.54, 1.807) is 23.0 Å². The Morgan fingerprint density at radius 2 is 1.71 bits per heavy atom. The van der Waals surface area contributed by atoms with Gasteiger partial charge in [0.1, 0.15) is 16.9 Å². The number of anilines is 1. The molecule has 0 radical (unpaired) electrons. The summed E-state index contributed by atoms with van der Waals surface area (Å²) in [6.07, 6.45) is 3.52. The fourth-order valence-electron chi connectivity index (χ4n) is 3.74. The van der Waals surface area contributed by atoms with Gasteiger partial charge in [0.05, 0.1) is 6.20 Å². The molecular formula is C23H26BN5O2. The molecule has 0 amide bonds. The molecule has 2 aromatic carbocycles. The second-order valence-corrected chi connectivity index (χ2v) is 7.96. The largest absolute Gasteiger partial charge is 0.488 e. The first-order valence-corrected chi connectivity index (χ1v) is 10.4. The lowest BCUT2D eigenvalue weighted by molar-refractivity contribution is 0.426. The molecule has 0 aliphatic rings. The molecule has 8 heteroatoms. The first-order valence-electron chi connectivity index (χ1n) is 10.4. The van der Waals surface area contributed by atoms with E-state index >= 15 is 0 Å². The zero-order valence-electron chi connectivity index (χ0n) is 17.7. The fraction of sp³-hybridized carbons (Fsp3) is 0.261. The van der Waals surface area contributed by atoms with Crippen LogP contribution >= 0.6 is 0 Å². The number of hydrogen-bond donors (Lipinski definition) is 3. The van der Waals surface area contributed by atoms with Crippen molar-refractivity contribution < 1.29 is 10.0 Å². The monoisotopic (exact) mass is 415 g/mol. The van der Waals surface area contributed by atoms with Crippen LogP contribution in [0.1, 0.15) is 23.9 Å². The molecule has 1 unspecified atom stereocenters. The van der Waals surface area contributed by atoms with Gasteiger partial charge in [-0.15, -0.1) is 0 Å². The third-order valence-electron chi connectivity index (χ3n) is 5.33. The zero-order valence-corrected chi connectivity index (χ0v) is 17.7. The van der Waals surface area contributed by atoms with E-state index in [2.05, 4.69) is 41.6 Å². The summed E-state index contributed by atoms with van der Waals surface area (Å²) >= 11 is 0. The van der Waals surface area contributed by atoms with E-state index in [1.165, 1.54) is 5.56 Å². The van der Waals surface area contributed by atoms with Gasteiger partial charge >= 0.3 is 7.12 Å². The Balaban J connectivity index is 1.52. The third-order valence-corrected chi connectivity index (χ3v) is 5.33. The van der Waals surface area contributed by atoms with Crippen molar-refractivity contribution in [1.82, 2.24) is 19.7 Å². The van der Waals surface area contributed by atoms with Gasteiger partial charge in [-0.25, -0.2) is 9.97 Å². The molecule has 4 aromatic rings. The topological polar surface area (TPSA) is 96.1 Å². The highest BCUT2D eigenvalue weighted by molar-refractivity contribution is 6.58. The van der Waals surface area contributed by atoms with Crippen molar-refractivity contribution in [3.05, 3.63) is 77.7 Å². The van der Waals surface area contributed by atoms with Crippen molar-refractivity contribution in [2.75, 3.05) is 5.32 Å². The van der Waals surface area contributed by atoms with Crippen LogP contribution in [0.4, 0.5) is 5.82 Å². The fourth-order valence-corrected chi connectivity index (χ4v) is 3.74. The molecule has 2 aromatic heterocycles. The lowest BCUT2D eigenvalue weighted by Gasteiger charge is -2.13. The van der Waals surface area contributed by atoms with Gasteiger partial charge in [0.15, 0.2) is 5.82 Å². The van der Waals surface area contributed by atoms with Crippen molar-refractivity contribution in [2.45, 2.75) is 26.3 Å². The average Bonchev–Trinajstić information content (AvgIpc) is 3.13. The van der Waals surface area contributed by atoms with Crippen LogP contribution in [0.3, 0.4) is 0 Å². The summed E-state index contributed by atoms with van der Waals surface area (Å²) in [5.41, 5.74) is 4.47. The van der Waals surface area contributed by atoms with E-state index in [4.69, 9.17) is 9.97 Å². The van der Waals surface area contributed by atoms with Crippen LogP contribution in [0.5, 0.6) is 0 Å². The van der Waals surface area contributed by atoms with Crippen LogP contribution in [-0.4, -0.2) is 36.9 Å². The van der Waals surface area contributed by atoms with E-state index in [9.17, 15) is 10.0 Å². The normalized spacial score (nSPS) is 12.1. The Kier molecular flexibility index (Phi) is 6.30. The second kappa shape index (κ2) is 9.28. The standard InChI is InChI=1S/C23H26BN5O2/c1-16(12-17-6-4-3-5-7-17)13-21-27-20-15-26-29(2)22(20)23(28-21)25-14-18-8-10-19(11-9-18)24(30)31/h3-11,15-16,30-31H,12-14H2,1-2H3,(H,25,27,28). The van der Waals surface area contributed by atoms with E-state index in [0.717, 1.165) is 41.1 Å². The van der Waals surface area contributed by atoms with Crippen molar-refractivity contribution in [1.29, 1.82) is 0 Å². The molecule has 0 spiro atoms. The summed E-state index contributed by atoms with van der Waals surface area (Å²) in [4.78, 5) is 9.55. The molecule has 4 rings (SSSR count). The van der Waals surface area contributed by atoms with Crippen molar-refractivity contribution in [3.63, 3.8) is 0 Å². The lowest BCUT2D eigenvalue weighted by atomic mass is 9.80. The number of nitrogens with one attached hydrogen (secondary N) is 1. The molecule has 1 atom stereocenters. The molecule has 2 heterocycles. The van der Waals surface area contributed by atoms with Gasteiger partial charge in [0, 0.05) is 20.0 Å². The van der Waals surface area contributed by atoms with Crippen molar-refractivity contribution >= 4 is 29.4 Å². The Morgan fingerprint density at radius 3 is 2.42 bits per heavy atom. The lowest BCUT2D eigenvalue weighted by Crippen LogP contribution is -2.29. The summed E-state index contributed by atoms with van der Waals surface area (Å²) in [5, 5.41) is 26.3. The summed E-state index contributed by atoms with van der Waals surface area (Å²) in [7, 11) is 0.421. The third kappa shape index (κ3) is 5.10. The van der Waals surface area contributed by atoms with Crippen LogP contribution in [-0.2, 0) is 26.4 Å². The number of aromatic nitrogens is 4. The maximum absolute atomic E-state index is 9.26. The molecule has 0 saturated carbocycles. The SMILES string of the molecule is CC(Cc1ccccc1)Cc1nc(NCc2ccc(B(O)O)cc2)c2c(cnn2C)n1. The van der Waals surface area contributed by atoms with Gasteiger partial charge in [-0.05, 0) is 28.9 Å². The molecule has 31 heavy (non-hydrogen) atoms. The van der Waals surface area contributed by atoms with Gasteiger partial charge < -0.3 is 15.4 Å². The number of nitrogens with zero attached hydrogens (tertiary/aromatic N) is 4. The van der Waals surface area contributed by atoms with E-state index in [0.29, 0.717) is 17.9 Å². The highest BCUT2D eigenvalue weighted by Gasteiger charge is 2.15. The van der Waals surface area contributed by atoms with Gasteiger partial charge in [-0.2, -0.15) is 5.10 Å². The van der Waals surface area contributed by atoms with Gasteiger partial charge in [-0.3, -0.25) is 4.68 Å². The minimum absolute atomic E-state index is 0.404. The zero-order chi connectivity index (χ0) is 21.8. The van der Waals surface area contributed by atoms with Crippen molar-refractivity contribution in [3.8, 4) is 0 Å². The summed E-state index contributed by atoms with van der Waals surface area (Å²) < 4.78 is 1.78. The maximum atomic E-state index is 9.26. The number of aryl methyl sites for hydroxylation is 1. The molecule has 158 valence electrons. The molecule has 0 aliphatic carbocycles. The quantitative estimate of drug-likeness (QED) is 0.382. The van der Waals surface area contributed by atoms with E-state index in [1.807, 2.05) is 25.2 Å². The Labute approximate surface area is 181 Å². The smallest absolute Gasteiger partial charge is 0.423 e. The first kappa shape index (κ1) is 21.0. The highest BCUT2D eigenvalue weighted by Crippen LogP contribution is 2.22. The predicted octanol–water partition coefficient (Wildman–Crippen LogP) is 2.08. The second-order valence-electron chi connectivity index (χ2n) is 7.96. The summed E-state index contributed by atoms with van der Waals surface area (Å²) in [5.74, 6) is 1.95. The molecule has 0 aliphatic heterocycles. The Hall–Kier alpha value is -3.23. The Morgan fingerprint density at radius 1 is 0.968 bits per heavy atom. The van der Waals surface area contributed by atoms with Crippen LogP contribution < -0.4 is 10.8 Å². The van der Waals surface area contributed by atoms with Gasteiger partial charge in [0.2, 0.25) is 0 Å². The van der Waals surface area contributed by atoms with Crippen LogP contribution in [0.15, 0.2) is 60.8 Å². The average molecular weight is 415 g/mol. The minimum Gasteiger partial charge on any atom is -0.423 e. The molecule has 7 nitrogen and oxygen atoms in total. The molecular weight excluding hydrogens is 389 g/mol.